The molecule has 0 aliphatic heterocycles. The van der Waals surface area contributed by atoms with Crippen molar-refractivity contribution >= 4 is 18.3 Å². The van der Waals surface area contributed by atoms with Crippen LogP contribution in [0, 0.1) is 0 Å². The van der Waals surface area contributed by atoms with Crippen molar-refractivity contribution in [2.45, 2.75) is 6.36 Å². The molecule has 20 heavy (non-hydrogen) atoms. The molecule has 7 nitrogen and oxygen atoms in total. The maximum atomic E-state index is 12.0. The van der Waals surface area contributed by atoms with Crippen LogP contribution >= 0.6 is 0 Å². The Bertz CT molecular complexity index is 519. The standard InChI is InChI=1S/C10H8F3N3O4/c11-10(12,13)20-7-3-1-2-6(4-7)8(18)15-9(19)16-14-5-17/h1-5H,(H,14,17)(H2,15,16,18,19). The molecule has 3 N–H and O–H groups in total. The number of benzene rings is 1. The van der Waals surface area contributed by atoms with Gasteiger partial charge in [0.25, 0.3) is 5.91 Å². The van der Waals surface area contributed by atoms with Gasteiger partial charge < -0.3 is 4.74 Å². The van der Waals surface area contributed by atoms with E-state index in [4.69, 9.17) is 0 Å². The van der Waals surface area contributed by atoms with Gasteiger partial charge in [-0.1, -0.05) is 6.07 Å². The van der Waals surface area contributed by atoms with E-state index in [0.717, 1.165) is 18.2 Å². The monoisotopic (exact) mass is 291 g/mol. The van der Waals surface area contributed by atoms with Crippen molar-refractivity contribution in [3.63, 3.8) is 0 Å². The van der Waals surface area contributed by atoms with E-state index in [-0.39, 0.29) is 12.0 Å². The number of hydrogen-bond acceptors (Lipinski definition) is 4. The number of halogens is 3. The van der Waals surface area contributed by atoms with Gasteiger partial charge in [0, 0.05) is 5.56 Å². The Labute approximate surface area is 110 Å². The molecule has 0 aliphatic rings. The van der Waals surface area contributed by atoms with Crippen LogP contribution in [0.4, 0.5) is 18.0 Å². The average molecular weight is 291 g/mol. The molecule has 0 saturated carbocycles. The molecule has 0 fully saturated rings. The minimum Gasteiger partial charge on any atom is -0.406 e. The van der Waals surface area contributed by atoms with E-state index in [1.54, 1.807) is 16.2 Å². The molecule has 108 valence electrons. The van der Waals surface area contributed by atoms with Crippen LogP contribution in [0.2, 0.25) is 0 Å². The molecule has 10 heteroatoms. The SMILES string of the molecule is O=CNNC(=O)NC(=O)c1cccc(OC(F)(F)F)c1. The number of hydrazine groups is 1. The van der Waals surface area contributed by atoms with Crippen LogP contribution in [0.3, 0.4) is 0 Å². The summed E-state index contributed by atoms with van der Waals surface area (Å²) in [6, 6.07) is 3.09. The number of nitrogens with one attached hydrogen (secondary N) is 3. The fourth-order valence-corrected chi connectivity index (χ4v) is 1.14. The molecule has 1 aromatic carbocycles. The highest BCUT2D eigenvalue weighted by Crippen LogP contribution is 2.23. The van der Waals surface area contributed by atoms with E-state index in [9.17, 15) is 27.6 Å². The zero-order chi connectivity index (χ0) is 15.2. The van der Waals surface area contributed by atoms with Crippen LogP contribution in [0.25, 0.3) is 0 Å². The lowest BCUT2D eigenvalue weighted by atomic mass is 10.2. The van der Waals surface area contributed by atoms with Gasteiger partial charge in [-0.05, 0) is 18.2 Å². The van der Waals surface area contributed by atoms with Gasteiger partial charge >= 0.3 is 12.4 Å². The Balaban J connectivity index is 2.71. The Morgan fingerprint density at radius 1 is 1.25 bits per heavy atom. The van der Waals surface area contributed by atoms with Crippen molar-refractivity contribution in [1.82, 2.24) is 16.2 Å². The second kappa shape index (κ2) is 6.41. The summed E-state index contributed by atoms with van der Waals surface area (Å²) in [6.45, 7) is 0. The van der Waals surface area contributed by atoms with Crippen LogP contribution in [0.5, 0.6) is 5.75 Å². The minimum absolute atomic E-state index is 0.155. The van der Waals surface area contributed by atoms with Crippen LogP contribution in [-0.4, -0.2) is 24.7 Å². The zero-order valence-electron chi connectivity index (χ0n) is 9.65. The third-order valence-corrected chi connectivity index (χ3v) is 1.80. The smallest absolute Gasteiger partial charge is 0.406 e. The number of carbonyl (C=O) groups is 3. The van der Waals surface area contributed by atoms with Gasteiger partial charge in [-0.3, -0.25) is 20.3 Å². The van der Waals surface area contributed by atoms with E-state index in [0.29, 0.717) is 0 Å². The van der Waals surface area contributed by atoms with Crippen LogP contribution in [-0.2, 0) is 4.79 Å². The van der Waals surface area contributed by atoms with Crippen molar-refractivity contribution in [2.24, 2.45) is 0 Å². The van der Waals surface area contributed by atoms with Crippen molar-refractivity contribution in [3.8, 4) is 5.75 Å². The Kier molecular flexibility index (Phi) is 4.89. The Morgan fingerprint density at radius 3 is 2.55 bits per heavy atom. The van der Waals surface area contributed by atoms with Crippen LogP contribution < -0.4 is 20.9 Å². The molecule has 0 atom stereocenters. The number of amides is 4. The zero-order valence-corrected chi connectivity index (χ0v) is 9.65. The molecule has 1 aromatic rings. The number of urea groups is 1. The lowest BCUT2D eigenvalue weighted by molar-refractivity contribution is -0.274. The molecule has 0 saturated heterocycles. The molecule has 0 bridgehead atoms. The summed E-state index contributed by atoms with van der Waals surface area (Å²) in [5.74, 6) is -1.57. The molecule has 0 aromatic heterocycles. The van der Waals surface area contributed by atoms with Crippen molar-refractivity contribution in [3.05, 3.63) is 29.8 Å². The summed E-state index contributed by atoms with van der Waals surface area (Å²) in [4.78, 5) is 32.4. The summed E-state index contributed by atoms with van der Waals surface area (Å²) in [7, 11) is 0. The first-order valence-electron chi connectivity index (χ1n) is 4.98. The summed E-state index contributed by atoms with van der Waals surface area (Å²) in [5.41, 5.74) is 3.34. The third kappa shape index (κ3) is 5.25. The van der Waals surface area contributed by atoms with E-state index in [1.165, 1.54) is 6.07 Å². The van der Waals surface area contributed by atoms with E-state index >= 15 is 0 Å². The van der Waals surface area contributed by atoms with Crippen LogP contribution in [0.15, 0.2) is 24.3 Å². The third-order valence-electron chi connectivity index (χ3n) is 1.80. The summed E-state index contributed by atoms with van der Waals surface area (Å²) in [5, 5.41) is 1.77. The Hall–Kier alpha value is -2.78. The second-order valence-electron chi connectivity index (χ2n) is 3.25. The molecule has 4 amide bonds. The molecule has 1 rings (SSSR count). The fraction of sp³-hybridized carbons (Fsp3) is 0.100. The van der Waals surface area contributed by atoms with Gasteiger partial charge in [-0.15, -0.1) is 13.2 Å². The minimum atomic E-state index is -4.89. The van der Waals surface area contributed by atoms with Crippen molar-refractivity contribution < 1.29 is 32.3 Å². The van der Waals surface area contributed by atoms with Gasteiger partial charge in [0.15, 0.2) is 0 Å². The number of alkyl halides is 3. The number of imide groups is 1. The maximum absolute atomic E-state index is 12.0. The molecule has 0 unspecified atom stereocenters. The lowest BCUT2D eigenvalue weighted by Crippen LogP contribution is -2.45. The quantitative estimate of drug-likeness (QED) is 0.561. The largest absolute Gasteiger partial charge is 0.573 e. The molecular formula is C10H8F3N3O4. The van der Waals surface area contributed by atoms with Gasteiger partial charge in [-0.25, -0.2) is 10.2 Å². The number of rotatable bonds is 4. The predicted octanol–water partition coefficient (Wildman–Crippen LogP) is 0.686. The molecular weight excluding hydrogens is 283 g/mol. The Morgan fingerprint density at radius 2 is 1.95 bits per heavy atom. The van der Waals surface area contributed by atoms with E-state index in [1.807, 2.05) is 0 Å². The number of carbonyl (C=O) groups excluding carboxylic acids is 3. The molecule has 0 radical (unpaired) electrons. The fourth-order valence-electron chi connectivity index (χ4n) is 1.14. The normalized spacial score (nSPS) is 10.3. The maximum Gasteiger partial charge on any atom is 0.573 e. The van der Waals surface area contributed by atoms with Crippen molar-refractivity contribution in [1.29, 1.82) is 0 Å². The van der Waals surface area contributed by atoms with Gasteiger partial charge in [0.2, 0.25) is 6.41 Å². The lowest BCUT2D eigenvalue weighted by Gasteiger charge is -2.10. The first-order chi connectivity index (χ1) is 9.31. The molecule has 0 heterocycles. The van der Waals surface area contributed by atoms with E-state index < -0.39 is 24.1 Å². The van der Waals surface area contributed by atoms with E-state index in [2.05, 4.69) is 4.74 Å². The first kappa shape index (κ1) is 15.3. The second-order valence-corrected chi connectivity index (χ2v) is 3.25. The first-order valence-corrected chi connectivity index (χ1v) is 4.98. The highest BCUT2D eigenvalue weighted by atomic mass is 19.4. The molecule has 0 spiro atoms. The molecule has 0 aliphatic carbocycles. The average Bonchev–Trinajstić information content (AvgIpc) is 2.34. The van der Waals surface area contributed by atoms with Crippen LogP contribution in [0.1, 0.15) is 10.4 Å². The van der Waals surface area contributed by atoms with Gasteiger partial charge in [0.1, 0.15) is 5.75 Å². The number of hydrogen-bond donors (Lipinski definition) is 3. The highest BCUT2D eigenvalue weighted by molar-refractivity contribution is 6.04. The predicted molar refractivity (Wildman–Crippen MR) is 58.3 cm³/mol. The number of ether oxygens (including phenoxy) is 1. The highest BCUT2D eigenvalue weighted by Gasteiger charge is 2.31. The topological polar surface area (TPSA) is 96.5 Å². The van der Waals surface area contributed by atoms with Gasteiger partial charge in [-0.2, -0.15) is 0 Å². The summed E-state index contributed by atoms with van der Waals surface area (Å²) >= 11 is 0. The summed E-state index contributed by atoms with van der Waals surface area (Å²) < 4.78 is 39.6. The van der Waals surface area contributed by atoms with Crippen molar-refractivity contribution in [2.75, 3.05) is 0 Å². The summed E-state index contributed by atoms with van der Waals surface area (Å²) in [6.07, 6.45) is -4.73. The van der Waals surface area contributed by atoms with Gasteiger partial charge in [0.05, 0.1) is 0 Å².